The first-order valence-corrected chi connectivity index (χ1v) is 7.72. The number of rotatable bonds is 6. The molecule has 0 heterocycles. The molecule has 0 saturated heterocycles. The lowest BCUT2D eigenvalue weighted by Gasteiger charge is -1.99. The van der Waals surface area contributed by atoms with Crippen molar-refractivity contribution in [3.8, 4) is 0 Å². The van der Waals surface area contributed by atoms with Gasteiger partial charge < -0.3 is 9.84 Å². The van der Waals surface area contributed by atoms with E-state index in [2.05, 4.69) is 55.1 Å². The summed E-state index contributed by atoms with van der Waals surface area (Å²) in [7, 11) is 0. The van der Waals surface area contributed by atoms with E-state index in [0.29, 0.717) is 6.61 Å². The highest BCUT2D eigenvalue weighted by Crippen LogP contribution is 2.26. The molecule has 0 aliphatic heterocycles. The van der Waals surface area contributed by atoms with E-state index in [1.54, 1.807) is 18.7 Å². The summed E-state index contributed by atoms with van der Waals surface area (Å²) in [5, 5.41) is 8.23. The molecule has 22 heavy (non-hydrogen) atoms. The predicted octanol–water partition coefficient (Wildman–Crippen LogP) is 4.50. The van der Waals surface area contributed by atoms with E-state index in [4.69, 9.17) is 9.84 Å². The normalized spacial score (nSPS) is 9.50. The average Bonchev–Trinajstić information content (AvgIpc) is 2.55. The van der Waals surface area contributed by atoms with Crippen LogP contribution in [0.15, 0.2) is 82.6 Å². The molecule has 3 nitrogen and oxygen atoms in total. The Labute approximate surface area is 135 Å². The maximum Gasteiger partial charge on any atom is 0.333 e. The number of carboxylic acids is 1. The molecule has 0 aliphatic rings. The number of hydrogen-bond donors (Lipinski definition) is 1. The van der Waals surface area contributed by atoms with Crippen molar-refractivity contribution in [1.82, 2.24) is 0 Å². The minimum absolute atomic E-state index is 0.0943. The first-order chi connectivity index (χ1) is 10.6. The van der Waals surface area contributed by atoms with Crippen LogP contribution in [0.1, 0.15) is 6.92 Å². The van der Waals surface area contributed by atoms with E-state index < -0.39 is 5.97 Å². The standard InChI is InChI=1S/C12H10S.C6H10O3/c1-3-7-11(8-4-1)13-12-9-5-2-6-10-12;1-3-9-4-5(2)6(7)8/h1-10H;2-4H2,1H3,(H,7,8). The molecule has 0 saturated carbocycles. The molecule has 2 aromatic carbocycles. The van der Waals surface area contributed by atoms with Crippen molar-refractivity contribution in [2.75, 3.05) is 13.2 Å². The summed E-state index contributed by atoms with van der Waals surface area (Å²) in [4.78, 5) is 12.6. The van der Waals surface area contributed by atoms with Crippen molar-refractivity contribution in [2.45, 2.75) is 16.7 Å². The largest absolute Gasteiger partial charge is 0.478 e. The van der Waals surface area contributed by atoms with Crippen molar-refractivity contribution >= 4 is 17.7 Å². The molecule has 0 aliphatic carbocycles. The van der Waals surface area contributed by atoms with Gasteiger partial charge in [0.05, 0.1) is 12.2 Å². The van der Waals surface area contributed by atoms with E-state index >= 15 is 0 Å². The Bertz CT molecular complexity index is 530. The Morgan fingerprint density at radius 1 is 1.05 bits per heavy atom. The number of hydrogen-bond acceptors (Lipinski definition) is 3. The Morgan fingerprint density at radius 3 is 1.86 bits per heavy atom. The summed E-state index contributed by atoms with van der Waals surface area (Å²) in [5.41, 5.74) is 0.0943. The Morgan fingerprint density at radius 2 is 1.50 bits per heavy atom. The number of aliphatic carboxylic acids is 1. The van der Waals surface area contributed by atoms with E-state index in [9.17, 15) is 4.79 Å². The highest BCUT2D eigenvalue weighted by atomic mass is 32.2. The molecule has 0 atom stereocenters. The van der Waals surface area contributed by atoms with Crippen LogP contribution in [-0.4, -0.2) is 24.3 Å². The van der Waals surface area contributed by atoms with E-state index in [1.807, 2.05) is 12.1 Å². The fraction of sp³-hybridized carbons (Fsp3) is 0.167. The van der Waals surface area contributed by atoms with Crippen molar-refractivity contribution in [1.29, 1.82) is 0 Å². The van der Waals surface area contributed by atoms with Gasteiger partial charge in [-0.3, -0.25) is 0 Å². The second-order valence-electron chi connectivity index (χ2n) is 4.27. The van der Waals surface area contributed by atoms with Crippen LogP contribution in [0.2, 0.25) is 0 Å². The number of carboxylic acid groups (broad SMARTS) is 1. The maximum absolute atomic E-state index is 10.0. The lowest BCUT2D eigenvalue weighted by Crippen LogP contribution is -2.06. The van der Waals surface area contributed by atoms with Crippen molar-refractivity contribution < 1.29 is 14.6 Å². The third-order valence-electron chi connectivity index (χ3n) is 2.50. The van der Waals surface area contributed by atoms with Gasteiger partial charge in [-0.2, -0.15) is 0 Å². The van der Waals surface area contributed by atoms with Gasteiger partial charge in [-0.05, 0) is 31.2 Å². The van der Waals surface area contributed by atoms with Crippen LogP contribution in [0.4, 0.5) is 0 Å². The number of carbonyl (C=O) groups is 1. The molecule has 4 heteroatoms. The molecule has 0 amide bonds. The molecule has 0 radical (unpaired) electrons. The summed E-state index contributed by atoms with van der Waals surface area (Å²) in [5.74, 6) is -0.997. The number of benzene rings is 2. The van der Waals surface area contributed by atoms with Gasteiger partial charge in [0, 0.05) is 16.4 Å². The molecule has 0 aromatic heterocycles. The molecule has 0 spiro atoms. The molecule has 0 bridgehead atoms. The van der Waals surface area contributed by atoms with E-state index in [1.165, 1.54) is 9.79 Å². The van der Waals surface area contributed by atoms with Crippen LogP contribution < -0.4 is 0 Å². The molecular weight excluding hydrogens is 296 g/mol. The van der Waals surface area contributed by atoms with Crippen LogP contribution in [0.25, 0.3) is 0 Å². The van der Waals surface area contributed by atoms with Crippen LogP contribution in [0.3, 0.4) is 0 Å². The Hall–Kier alpha value is -2.04. The monoisotopic (exact) mass is 316 g/mol. The minimum Gasteiger partial charge on any atom is -0.478 e. The van der Waals surface area contributed by atoms with Gasteiger partial charge in [0.15, 0.2) is 0 Å². The number of ether oxygens (including phenoxy) is 1. The minimum atomic E-state index is -0.997. The Kier molecular flexibility index (Phi) is 8.72. The van der Waals surface area contributed by atoms with Crippen molar-refractivity contribution in [3.63, 3.8) is 0 Å². The zero-order valence-electron chi connectivity index (χ0n) is 12.6. The first-order valence-electron chi connectivity index (χ1n) is 6.90. The zero-order chi connectivity index (χ0) is 16.2. The van der Waals surface area contributed by atoms with Crippen LogP contribution in [0, 0.1) is 0 Å². The fourth-order valence-corrected chi connectivity index (χ4v) is 2.26. The summed E-state index contributed by atoms with van der Waals surface area (Å²) in [6, 6.07) is 20.8. The quantitative estimate of drug-likeness (QED) is 0.797. The second kappa shape index (κ2) is 10.7. The molecule has 0 fully saturated rings. The van der Waals surface area contributed by atoms with Gasteiger partial charge in [0.2, 0.25) is 0 Å². The van der Waals surface area contributed by atoms with E-state index in [0.717, 1.165) is 0 Å². The predicted molar refractivity (Wildman–Crippen MR) is 90.3 cm³/mol. The lowest BCUT2D eigenvalue weighted by atomic mass is 10.3. The Balaban J connectivity index is 0.000000239. The first kappa shape index (κ1) is 18.0. The maximum atomic E-state index is 10.0. The van der Waals surface area contributed by atoms with Crippen LogP contribution >= 0.6 is 11.8 Å². The van der Waals surface area contributed by atoms with Crippen molar-refractivity contribution in [2.24, 2.45) is 0 Å². The topological polar surface area (TPSA) is 46.5 Å². The van der Waals surface area contributed by atoms with Crippen LogP contribution in [-0.2, 0) is 9.53 Å². The summed E-state index contributed by atoms with van der Waals surface area (Å²) >= 11 is 1.79. The third kappa shape index (κ3) is 7.67. The smallest absolute Gasteiger partial charge is 0.333 e. The van der Waals surface area contributed by atoms with Gasteiger partial charge in [0.1, 0.15) is 0 Å². The summed E-state index contributed by atoms with van der Waals surface area (Å²) in [6.07, 6.45) is 0. The van der Waals surface area contributed by atoms with Gasteiger partial charge in [-0.25, -0.2) is 4.79 Å². The fourth-order valence-electron chi connectivity index (χ4n) is 1.40. The lowest BCUT2D eigenvalue weighted by molar-refractivity contribution is -0.133. The average molecular weight is 316 g/mol. The van der Waals surface area contributed by atoms with Crippen molar-refractivity contribution in [3.05, 3.63) is 72.8 Å². The van der Waals surface area contributed by atoms with Gasteiger partial charge in [-0.15, -0.1) is 0 Å². The van der Waals surface area contributed by atoms with Gasteiger partial charge in [-0.1, -0.05) is 54.7 Å². The van der Waals surface area contributed by atoms with Gasteiger partial charge in [0.25, 0.3) is 0 Å². The second-order valence-corrected chi connectivity index (χ2v) is 5.42. The molecular formula is C18H20O3S. The molecule has 0 unspecified atom stereocenters. The van der Waals surface area contributed by atoms with Crippen LogP contribution in [0.5, 0.6) is 0 Å². The molecule has 1 N–H and O–H groups in total. The SMILES string of the molecule is C=C(COCC)C(=O)O.c1ccc(Sc2ccccc2)cc1. The van der Waals surface area contributed by atoms with Gasteiger partial charge >= 0.3 is 5.97 Å². The van der Waals surface area contributed by atoms with E-state index in [-0.39, 0.29) is 12.2 Å². The zero-order valence-corrected chi connectivity index (χ0v) is 13.4. The summed E-state index contributed by atoms with van der Waals surface area (Å²) < 4.78 is 4.78. The molecule has 116 valence electrons. The molecule has 2 aromatic rings. The third-order valence-corrected chi connectivity index (χ3v) is 3.52. The highest BCUT2D eigenvalue weighted by Gasteiger charge is 2.01. The highest BCUT2D eigenvalue weighted by molar-refractivity contribution is 7.99. The summed E-state index contributed by atoms with van der Waals surface area (Å²) in [6.45, 7) is 5.70. The molecule has 2 rings (SSSR count).